The number of rotatable bonds is 7. The monoisotopic (exact) mass is 337 g/mol. The Bertz CT molecular complexity index is 824. The van der Waals surface area contributed by atoms with Crippen molar-refractivity contribution < 1.29 is 9.90 Å². The van der Waals surface area contributed by atoms with Gasteiger partial charge in [0.1, 0.15) is 11.6 Å². The summed E-state index contributed by atoms with van der Waals surface area (Å²) in [6, 6.07) is 9.42. The first-order valence-electron chi connectivity index (χ1n) is 8.42. The predicted molar refractivity (Wildman–Crippen MR) is 97.1 cm³/mol. The third-order valence-electron chi connectivity index (χ3n) is 4.16. The predicted octanol–water partition coefficient (Wildman–Crippen LogP) is 3.23. The number of benzene rings is 1. The number of ketones is 1. The second-order valence-corrected chi connectivity index (χ2v) is 5.98. The van der Waals surface area contributed by atoms with Gasteiger partial charge in [-0.25, -0.2) is 0 Å². The van der Waals surface area contributed by atoms with Gasteiger partial charge in [-0.3, -0.25) is 9.48 Å². The van der Waals surface area contributed by atoms with Crippen LogP contribution < -0.4 is 0 Å². The number of nitrogens with zero attached hydrogens (tertiary/aromatic N) is 3. The summed E-state index contributed by atoms with van der Waals surface area (Å²) in [6.07, 6.45) is 3.61. The largest absolute Gasteiger partial charge is 0.394 e. The van der Waals surface area contributed by atoms with Crippen molar-refractivity contribution in [2.24, 2.45) is 0 Å². The molecule has 0 fully saturated rings. The summed E-state index contributed by atoms with van der Waals surface area (Å²) in [5.41, 5.74) is 4.07. The Kier molecular flexibility index (Phi) is 6.26. The van der Waals surface area contributed by atoms with Crippen LogP contribution in [0.25, 0.3) is 6.08 Å². The SMILES string of the molecule is CCCc1ccc(C(=O)C(C#N)=Cc2c(C)nn(CCO)c2C)cc1. The van der Waals surface area contributed by atoms with Crippen molar-refractivity contribution in [1.29, 1.82) is 5.26 Å². The van der Waals surface area contributed by atoms with E-state index in [0.29, 0.717) is 12.1 Å². The second-order valence-electron chi connectivity index (χ2n) is 5.98. The third kappa shape index (κ3) is 4.23. The molecule has 0 amide bonds. The number of hydrogen-bond donors (Lipinski definition) is 1. The molecule has 1 aromatic carbocycles. The molecule has 0 aliphatic heterocycles. The number of carbonyl (C=O) groups excluding carboxylic acids is 1. The summed E-state index contributed by atoms with van der Waals surface area (Å²) in [6.45, 7) is 6.16. The van der Waals surface area contributed by atoms with Crippen molar-refractivity contribution in [3.63, 3.8) is 0 Å². The highest BCUT2D eigenvalue weighted by Crippen LogP contribution is 2.19. The zero-order chi connectivity index (χ0) is 18.4. The van der Waals surface area contributed by atoms with E-state index in [0.717, 1.165) is 29.8 Å². The molecule has 0 aliphatic rings. The Hall–Kier alpha value is -2.71. The molecular formula is C20H23N3O2. The third-order valence-corrected chi connectivity index (χ3v) is 4.16. The van der Waals surface area contributed by atoms with Gasteiger partial charge in [-0.2, -0.15) is 10.4 Å². The van der Waals surface area contributed by atoms with Crippen LogP contribution in [0, 0.1) is 25.2 Å². The van der Waals surface area contributed by atoms with Gasteiger partial charge in [-0.15, -0.1) is 0 Å². The fraction of sp³-hybridized carbons (Fsp3) is 0.350. The van der Waals surface area contributed by atoms with Crippen molar-refractivity contribution in [1.82, 2.24) is 9.78 Å². The minimum Gasteiger partial charge on any atom is -0.394 e. The molecule has 0 radical (unpaired) electrons. The van der Waals surface area contributed by atoms with Crippen LogP contribution in [0.5, 0.6) is 0 Å². The summed E-state index contributed by atoms with van der Waals surface area (Å²) in [5.74, 6) is -0.292. The highest BCUT2D eigenvalue weighted by atomic mass is 16.3. The Morgan fingerprint density at radius 2 is 2.00 bits per heavy atom. The quantitative estimate of drug-likeness (QED) is 0.478. The van der Waals surface area contributed by atoms with Gasteiger partial charge in [0, 0.05) is 16.8 Å². The molecule has 0 bridgehead atoms. The number of aryl methyl sites for hydroxylation is 2. The molecule has 2 aromatic rings. The number of Topliss-reactive ketones (excluding diaryl/α,β-unsaturated/α-hetero) is 1. The number of aliphatic hydroxyl groups is 1. The van der Waals surface area contributed by atoms with E-state index in [9.17, 15) is 10.1 Å². The fourth-order valence-corrected chi connectivity index (χ4v) is 2.79. The van der Waals surface area contributed by atoms with E-state index in [1.54, 1.807) is 22.9 Å². The number of carbonyl (C=O) groups is 1. The molecule has 1 N–H and O–H groups in total. The molecule has 0 saturated heterocycles. The lowest BCUT2D eigenvalue weighted by Gasteiger charge is -2.03. The van der Waals surface area contributed by atoms with Crippen LogP contribution >= 0.6 is 0 Å². The van der Waals surface area contributed by atoms with Gasteiger partial charge in [0.15, 0.2) is 0 Å². The lowest BCUT2D eigenvalue weighted by molar-refractivity contribution is 0.104. The van der Waals surface area contributed by atoms with Crippen molar-refractivity contribution in [3.05, 3.63) is 57.9 Å². The van der Waals surface area contributed by atoms with Gasteiger partial charge in [-0.05, 0) is 31.9 Å². The van der Waals surface area contributed by atoms with Crippen LogP contribution in [0.3, 0.4) is 0 Å². The van der Waals surface area contributed by atoms with Crippen LogP contribution in [0.15, 0.2) is 29.8 Å². The number of aromatic nitrogens is 2. The average Bonchev–Trinajstić information content (AvgIpc) is 2.87. The van der Waals surface area contributed by atoms with Gasteiger partial charge in [0.25, 0.3) is 0 Å². The summed E-state index contributed by atoms with van der Waals surface area (Å²) in [7, 11) is 0. The van der Waals surface area contributed by atoms with Gasteiger partial charge in [-0.1, -0.05) is 37.6 Å². The standard InChI is InChI=1S/C20H23N3O2/c1-4-5-16-6-8-17(9-7-16)20(25)18(13-21)12-19-14(2)22-23(10-11-24)15(19)3/h6-9,12,24H,4-5,10-11H2,1-3H3. The van der Waals surface area contributed by atoms with E-state index in [-0.39, 0.29) is 18.0 Å². The maximum atomic E-state index is 12.6. The minimum absolute atomic E-state index is 0.0146. The van der Waals surface area contributed by atoms with E-state index in [4.69, 9.17) is 5.11 Å². The first-order chi connectivity index (χ1) is 12.0. The number of aliphatic hydroxyl groups excluding tert-OH is 1. The lowest BCUT2D eigenvalue weighted by atomic mass is 9.99. The molecule has 2 rings (SSSR count). The molecule has 25 heavy (non-hydrogen) atoms. The number of allylic oxidation sites excluding steroid dienone is 1. The van der Waals surface area contributed by atoms with Crippen LogP contribution in [0.4, 0.5) is 0 Å². The topological polar surface area (TPSA) is 78.9 Å². The minimum atomic E-state index is -0.292. The smallest absolute Gasteiger partial charge is 0.203 e. The summed E-state index contributed by atoms with van der Waals surface area (Å²) in [5, 5.41) is 22.9. The van der Waals surface area contributed by atoms with Gasteiger partial charge < -0.3 is 5.11 Å². The van der Waals surface area contributed by atoms with Crippen molar-refractivity contribution in [2.45, 2.75) is 40.2 Å². The molecule has 0 atom stereocenters. The zero-order valence-electron chi connectivity index (χ0n) is 14.9. The molecule has 5 nitrogen and oxygen atoms in total. The molecule has 130 valence electrons. The van der Waals surface area contributed by atoms with E-state index < -0.39 is 0 Å². The van der Waals surface area contributed by atoms with Crippen molar-refractivity contribution in [2.75, 3.05) is 6.61 Å². The van der Waals surface area contributed by atoms with Gasteiger partial charge >= 0.3 is 0 Å². The van der Waals surface area contributed by atoms with E-state index >= 15 is 0 Å². The number of hydrogen-bond acceptors (Lipinski definition) is 4. The Morgan fingerprint density at radius 3 is 2.56 bits per heavy atom. The molecule has 0 spiro atoms. The number of nitriles is 1. The van der Waals surface area contributed by atoms with E-state index in [2.05, 4.69) is 12.0 Å². The molecule has 0 saturated carbocycles. The van der Waals surface area contributed by atoms with E-state index in [1.165, 1.54) is 5.56 Å². The average molecular weight is 337 g/mol. The van der Waals surface area contributed by atoms with Gasteiger partial charge in [0.2, 0.25) is 5.78 Å². The molecule has 0 aliphatic carbocycles. The molecule has 1 aromatic heterocycles. The van der Waals surface area contributed by atoms with Crippen molar-refractivity contribution >= 4 is 11.9 Å². The maximum Gasteiger partial charge on any atom is 0.203 e. The first kappa shape index (κ1) is 18.6. The first-order valence-corrected chi connectivity index (χ1v) is 8.42. The Labute approximate surface area is 148 Å². The van der Waals surface area contributed by atoms with Crippen LogP contribution in [0.1, 0.15) is 46.2 Å². The summed E-state index contributed by atoms with van der Waals surface area (Å²) >= 11 is 0. The highest BCUT2D eigenvalue weighted by Gasteiger charge is 2.16. The van der Waals surface area contributed by atoms with Crippen molar-refractivity contribution in [3.8, 4) is 6.07 Å². The highest BCUT2D eigenvalue weighted by molar-refractivity contribution is 6.14. The van der Waals surface area contributed by atoms with Crippen LogP contribution in [-0.2, 0) is 13.0 Å². The molecule has 5 heteroatoms. The lowest BCUT2D eigenvalue weighted by Crippen LogP contribution is -2.06. The molecule has 0 unspecified atom stereocenters. The second kappa shape index (κ2) is 8.41. The maximum absolute atomic E-state index is 12.6. The fourth-order valence-electron chi connectivity index (χ4n) is 2.79. The Morgan fingerprint density at radius 1 is 1.32 bits per heavy atom. The van der Waals surface area contributed by atoms with Gasteiger partial charge in [0.05, 0.1) is 18.8 Å². The normalized spacial score (nSPS) is 11.4. The Balaban J connectivity index is 2.34. The van der Waals surface area contributed by atoms with Crippen LogP contribution in [-0.4, -0.2) is 27.3 Å². The molecular weight excluding hydrogens is 314 g/mol. The summed E-state index contributed by atoms with van der Waals surface area (Å²) in [4.78, 5) is 12.6. The zero-order valence-corrected chi connectivity index (χ0v) is 14.9. The van der Waals surface area contributed by atoms with E-state index in [1.807, 2.05) is 32.0 Å². The van der Waals surface area contributed by atoms with Crippen LogP contribution in [0.2, 0.25) is 0 Å². The molecule has 1 heterocycles. The summed E-state index contributed by atoms with van der Waals surface area (Å²) < 4.78 is 1.68.